The predicted octanol–water partition coefficient (Wildman–Crippen LogP) is 0.549. The summed E-state index contributed by atoms with van der Waals surface area (Å²) in [7, 11) is 1.46. The van der Waals surface area contributed by atoms with Crippen molar-refractivity contribution in [1.29, 1.82) is 0 Å². The highest BCUT2D eigenvalue weighted by Gasteiger charge is 2.16. The number of esters is 1. The number of carboxylic acids is 1. The van der Waals surface area contributed by atoms with E-state index in [0.29, 0.717) is 17.1 Å². The number of methoxy groups -OCH3 is 1. The molecule has 0 saturated heterocycles. The van der Waals surface area contributed by atoms with E-state index in [4.69, 9.17) is 25.1 Å². The molecule has 0 heterocycles. The van der Waals surface area contributed by atoms with Gasteiger partial charge in [0.05, 0.1) is 0 Å². The Bertz CT molecular complexity index is 488. The zero-order chi connectivity index (χ0) is 15.1. The lowest BCUT2D eigenvalue weighted by Gasteiger charge is -2.14. The van der Waals surface area contributed by atoms with Crippen molar-refractivity contribution in [3.05, 3.63) is 23.8 Å². The van der Waals surface area contributed by atoms with Gasteiger partial charge in [-0.05, 0) is 11.6 Å². The summed E-state index contributed by atoms with van der Waals surface area (Å²) in [6.07, 6.45) is 0.0920. The van der Waals surface area contributed by atoms with Gasteiger partial charge >= 0.3 is 11.9 Å². The number of hydrogen-bond acceptors (Lipinski definition) is 6. The van der Waals surface area contributed by atoms with Crippen LogP contribution in [0.5, 0.6) is 11.5 Å². The number of rotatable bonds is 7. The molecule has 0 aliphatic rings. The van der Waals surface area contributed by atoms with Crippen molar-refractivity contribution < 1.29 is 28.9 Å². The predicted molar refractivity (Wildman–Crippen MR) is 69.6 cm³/mol. The van der Waals surface area contributed by atoms with Crippen LogP contribution in [0.15, 0.2) is 18.2 Å². The van der Waals surface area contributed by atoms with Crippen LogP contribution >= 0.6 is 0 Å². The molecular formula is C13H17NO6. The van der Waals surface area contributed by atoms with Gasteiger partial charge in [-0.3, -0.25) is 9.59 Å². The molecule has 7 nitrogen and oxygen atoms in total. The monoisotopic (exact) mass is 283 g/mol. The summed E-state index contributed by atoms with van der Waals surface area (Å²) in [6.45, 7) is 1.27. The molecule has 1 unspecified atom stereocenters. The quantitative estimate of drug-likeness (QED) is 0.427. The molecule has 1 aromatic carbocycles. The van der Waals surface area contributed by atoms with Crippen LogP contribution in [0.3, 0.4) is 0 Å². The van der Waals surface area contributed by atoms with E-state index in [0.717, 1.165) is 0 Å². The van der Waals surface area contributed by atoms with Gasteiger partial charge in [-0.25, -0.2) is 0 Å². The van der Waals surface area contributed by atoms with E-state index in [1.54, 1.807) is 12.1 Å². The first-order chi connectivity index (χ1) is 9.43. The maximum absolute atomic E-state index is 10.9. The number of carbonyl (C=O) groups is 2. The van der Waals surface area contributed by atoms with Crippen LogP contribution in [0.2, 0.25) is 0 Å². The Hall–Kier alpha value is -2.12. The standard InChI is InChI=1S/C13H17NO6/c1-8(15)20-10-4-3-9(5-11(14)13(16)17)12(6-10)19-7-18-2/h3-4,6,11H,5,7,14H2,1-2H3,(H,16,17). The normalized spacial score (nSPS) is 11.8. The number of carbonyl (C=O) groups excluding carboxylic acids is 1. The zero-order valence-electron chi connectivity index (χ0n) is 11.3. The Morgan fingerprint density at radius 2 is 2.10 bits per heavy atom. The smallest absolute Gasteiger partial charge is 0.320 e. The molecule has 0 aliphatic carbocycles. The minimum Gasteiger partial charge on any atom is -0.480 e. The van der Waals surface area contributed by atoms with Gasteiger partial charge < -0.3 is 25.1 Å². The van der Waals surface area contributed by atoms with Crippen LogP contribution in [0.4, 0.5) is 0 Å². The van der Waals surface area contributed by atoms with Gasteiger partial charge in [0.1, 0.15) is 17.5 Å². The number of carboxylic acid groups (broad SMARTS) is 1. The first kappa shape index (κ1) is 15.9. The summed E-state index contributed by atoms with van der Waals surface area (Å²) in [6, 6.07) is 3.60. The fourth-order valence-corrected chi connectivity index (χ4v) is 1.51. The number of benzene rings is 1. The molecule has 0 saturated carbocycles. The molecule has 20 heavy (non-hydrogen) atoms. The lowest BCUT2D eigenvalue weighted by molar-refractivity contribution is -0.138. The van der Waals surface area contributed by atoms with Crippen LogP contribution in [0.25, 0.3) is 0 Å². The Balaban J connectivity index is 2.96. The van der Waals surface area contributed by atoms with Crippen molar-refractivity contribution in [3.63, 3.8) is 0 Å². The average molecular weight is 283 g/mol. The SMILES string of the molecule is COCOc1cc(OC(C)=O)ccc1CC(N)C(=O)O. The highest BCUT2D eigenvalue weighted by molar-refractivity contribution is 5.74. The molecule has 0 fully saturated rings. The van der Waals surface area contributed by atoms with E-state index >= 15 is 0 Å². The van der Waals surface area contributed by atoms with Crippen molar-refractivity contribution in [2.75, 3.05) is 13.9 Å². The number of hydrogen-bond donors (Lipinski definition) is 2. The highest BCUT2D eigenvalue weighted by atomic mass is 16.7. The molecule has 0 aromatic heterocycles. The molecule has 1 rings (SSSR count). The molecule has 1 atom stereocenters. The summed E-state index contributed by atoms with van der Waals surface area (Å²) in [5, 5.41) is 8.82. The van der Waals surface area contributed by atoms with Gasteiger partial charge in [-0.1, -0.05) is 6.07 Å². The minimum atomic E-state index is -1.10. The van der Waals surface area contributed by atoms with Crippen molar-refractivity contribution in [1.82, 2.24) is 0 Å². The van der Waals surface area contributed by atoms with Crippen LogP contribution < -0.4 is 15.2 Å². The summed E-state index contributed by atoms with van der Waals surface area (Å²) in [4.78, 5) is 21.7. The van der Waals surface area contributed by atoms with Crippen LogP contribution in [0.1, 0.15) is 12.5 Å². The first-order valence-corrected chi connectivity index (χ1v) is 5.85. The zero-order valence-corrected chi connectivity index (χ0v) is 11.3. The fourth-order valence-electron chi connectivity index (χ4n) is 1.51. The van der Waals surface area contributed by atoms with Gasteiger partial charge in [0.15, 0.2) is 6.79 Å². The van der Waals surface area contributed by atoms with Gasteiger partial charge in [0.2, 0.25) is 0 Å². The number of ether oxygens (including phenoxy) is 3. The Kier molecular flexibility index (Phi) is 5.95. The molecule has 0 aliphatic heterocycles. The topological polar surface area (TPSA) is 108 Å². The van der Waals surface area contributed by atoms with Crippen molar-refractivity contribution in [2.45, 2.75) is 19.4 Å². The molecule has 3 N–H and O–H groups in total. The summed E-state index contributed by atoms with van der Waals surface area (Å²) >= 11 is 0. The summed E-state index contributed by atoms with van der Waals surface area (Å²) < 4.78 is 15.1. The molecule has 7 heteroatoms. The number of nitrogens with two attached hydrogens (primary N) is 1. The second-order valence-electron chi connectivity index (χ2n) is 4.06. The Labute approximate surface area is 116 Å². The minimum absolute atomic E-state index is 0.0150. The molecule has 0 radical (unpaired) electrons. The molecule has 0 bridgehead atoms. The van der Waals surface area contributed by atoms with Crippen molar-refractivity contribution >= 4 is 11.9 Å². The Morgan fingerprint density at radius 3 is 2.65 bits per heavy atom. The van der Waals surface area contributed by atoms with Crippen molar-refractivity contribution in [3.8, 4) is 11.5 Å². The van der Waals surface area contributed by atoms with Crippen LogP contribution in [0, 0.1) is 0 Å². The number of aliphatic carboxylic acids is 1. The fraction of sp³-hybridized carbons (Fsp3) is 0.385. The van der Waals surface area contributed by atoms with E-state index in [1.165, 1.54) is 20.1 Å². The third-order valence-electron chi connectivity index (χ3n) is 2.39. The molecule has 1 aromatic rings. The van der Waals surface area contributed by atoms with Crippen LogP contribution in [-0.2, 0) is 20.7 Å². The molecule has 110 valence electrons. The van der Waals surface area contributed by atoms with E-state index in [1.807, 2.05) is 0 Å². The maximum atomic E-state index is 10.9. The maximum Gasteiger partial charge on any atom is 0.320 e. The average Bonchev–Trinajstić information content (AvgIpc) is 2.37. The van der Waals surface area contributed by atoms with E-state index in [9.17, 15) is 9.59 Å². The Morgan fingerprint density at radius 1 is 1.40 bits per heavy atom. The summed E-state index contributed by atoms with van der Waals surface area (Å²) in [5.74, 6) is -0.900. The largest absolute Gasteiger partial charge is 0.480 e. The molecule has 0 amide bonds. The van der Waals surface area contributed by atoms with Gasteiger partial charge in [-0.2, -0.15) is 0 Å². The lowest BCUT2D eigenvalue weighted by atomic mass is 10.1. The van der Waals surface area contributed by atoms with Gasteiger partial charge in [-0.15, -0.1) is 0 Å². The lowest BCUT2D eigenvalue weighted by Crippen LogP contribution is -2.32. The van der Waals surface area contributed by atoms with Crippen molar-refractivity contribution in [2.24, 2.45) is 5.73 Å². The third-order valence-corrected chi connectivity index (χ3v) is 2.39. The van der Waals surface area contributed by atoms with E-state index in [2.05, 4.69) is 0 Å². The van der Waals surface area contributed by atoms with Gasteiger partial charge in [0.25, 0.3) is 0 Å². The summed E-state index contributed by atoms with van der Waals surface area (Å²) in [5.41, 5.74) is 6.08. The van der Waals surface area contributed by atoms with Gasteiger partial charge in [0, 0.05) is 26.5 Å². The van der Waals surface area contributed by atoms with E-state index < -0.39 is 18.0 Å². The second-order valence-corrected chi connectivity index (χ2v) is 4.06. The third kappa shape index (κ3) is 4.87. The highest BCUT2D eigenvalue weighted by Crippen LogP contribution is 2.26. The molecule has 0 spiro atoms. The molecular weight excluding hydrogens is 266 g/mol. The van der Waals surface area contributed by atoms with Crippen LogP contribution in [-0.4, -0.2) is 37.0 Å². The first-order valence-electron chi connectivity index (χ1n) is 5.85. The second kappa shape index (κ2) is 7.46. The van der Waals surface area contributed by atoms with E-state index in [-0.39, 0.29) is 13.2 Å².